The van der Waals surface area contributed by atoms with E-state index in [2.05, 4.69) is 66.3 Å². The summed E-state index contributed by atoms with van der Waals surface area (Å²) in [4.78, 5) is 15.9. The minimum absolute atomic E-state index is 0.431. The fourth-order valence-corrected chi connectivity index (χ4v) is 2.78. The molecule has 1 rings (SSSR count). The van der Waals surface area contributed by atoms with Crippen LogP contribution in [0.25, 0.3) is 0 Å². The molecule has 0 aliphatic heterocycles. The van der Waals surface area contributed by atoms with Crippen molar-refractivity contribution < 1.29 is 0 Å². The summed E-state index contributed by atoms with van der Waals surface area (Å²) in [6.45, 7) is 16.7. The van der Waals surface area contributed by atoms with Gasteiger partial charge in [0.1, 0.15) is 0 Å². The van der Waals surface area contributed by atoms with Crippen molar-refractivity contribution in [3.05, 3.63) is 65.3 Å². The van der Waals surface area contributed by atoms with Gasteiger partial charge in [0, 0.05) is 44.8 Å². The fourth-order valence-electron chi connectivity index (χ4n) is 2.78. The van der Waals surface area contributed by atoms with Gasteiger partial charge in [0.15, 0.2) is 0 Å². The second kappa shape index (κ2) is 12.9. The first-order valence-corrected chi connectivity index (χ1v) is 9.81. The molecule has 0 spiro atoms. The highest BCUT2D eigenvalue weighted by atomic mass is 15.1. The number of aromatic nitrogens is 1. The van der Waals surface area contributed by atoms with Gasteiger partial charge < -0.3 is 5.73 Å². The molecule has 0 aliphatic carbocycles. The van der Waals surface area contributed by atoms with E-state index in [1.165, 1.54) is 5.56 Å². The zero-order chi connectivity index (χ0) is 20.9. The molecular formula is C23H35N5. The van der Waals surface area contributed by atoms with Crippen molar-refractivity contribution in [1.29, 1.82) is 0 Å². The SMILES string of the molecule is C=CN=C(CN(C/C(C)=C(\CN)N=CCC)Cc1ncccc1C)/C(C)=C\C. The van der Waals surface area contributed by atoms with Crippen LogP contribution in [0.1, 0.15) is 45.4 Å². The monoisotopic (exact) mass is 381 g/mol. The molecule has 0 aliphatic rings. The number of allylic oxidation sites excluding steroid dienone is 1. The van der Waals surface area contributed by atoms with Crippen LogP contribution in [0.5, 0.6) is 0 Å². The van der Waals surface area contributed by atoms with E-state index in [4.69, 9.17) is 5.73 Å². The maximum Gasteiger partial charge on any atom is 0.0573 e. The van der Waals surface area contributed by atoms with Gasteiger partial charge in [-0.3, -0.25) is 19.9 Å². The Morgan fingerprint density at radius 2 is 2.07 bits per heavy atom. The fraction of sp³-hybridized carbons (Fsp3) is 0.435. The van der Waals surface area contributed by atoms with Crippen LogP contribution in [-0.2, 0) is 6.54 Å². The molecule has 0 amide bonds. The average Bonchev–Trinajstić information content (AvgIpc) is 2.69. The second-order valence-electron chi connectivity index (χ2n) is 6.79. The lowest BCUT2D eigenvalue weighted by Gasteiger charge is -2.25. The van der Waals surface area contributed by atoms with E-state index >= 15 is 0 Å². The van der Waals surface area contributed by atoms with Crippen molar-refractivity contribution in [3.63, 3.8) is 0 Å². The average molecular weight is 382 g/mol. The van der Waals surface area contributed by atoms with Crippen LogP contribution in [0.3, 0.4) is 0 Å². The molecule has 0 saturated carbocycles. The van der Waals surface area contributed by atoms with E-state index in [1.54, 1.807) is 6.20 Å². The van der Waals surface area contributed by atoms with Crippen LogP contribution in [-0.4, -0.2) is 41.4 Å². The standard InChI is InChI=1S/C23H35N5/c1-7-12-26-21(14-24)20(6)15-28(16-22(25-9-3)18(4)8-2)17-23-19(5)11-10-13-27-23/h8-13H,3,7,14-17,24H2,1-2,4-6H3/b18-8-,21-20+,25-22?,26-12?. The lowest BCUT2D eigenvalue weighted by atomic mass is 10.1. The highest BCUT2D eigenvalue weighted by Crippen LogP contribution is 2.14. The molecule has 0 radical (unpaired) electrons. The molecule has 0 atom stereocenters. The lowest BCUT2D eigenvalue weighted by Crippen LogP contribution is -2.32. The van der Waals surface area contributed by atoms with Crippen LogP contribution in [0.4, 0.5) is 0 Å². The summed E-state index contributed by atoms with van der Waals surface area (Å²) < 4.78 is 0. The first kappa shape index (κ1) is 23.7. The third-order valence-corrected chi connectivity index (χ3v) is 4.58. The zero-order valence-electron chi connectivity index (χ0n) is 18.1. The Morgan fingerprint density at radius 3 is 2.64 bits per heavy atom. The van der Waals surface area contributed by atoms with E-state index < -0.39 is 0 Å². The summed E-state index contributed by atoms with van der Waals surface area (Å²) in [5.74, 6) is 0. The van der Waals surface area contributed by atoms with Gasteiger partial charge in [-0.1, -0.05) is 25.6 Å². The molecule has 0 unspecified atom stereocenters. The van der Waals surface area contributed by atoms with Crippen LogP contribution in [0.15, 0.2) is 64.0 Å². The Balaban J connectivity index is 3.21. The van der Waals surface area contributed by atoms with E-state index in [9.17, 15) is 0 Å². The number of aliphatic imine (C=N–C) groups is 2. The molecule has 0 saturated heterocycles. The van der Waals surface area contributed by atoms with Gasteiger partial charge in [0.25, 0.3) is 0 Å². The quantitative estimate of drug-likeness (QED) is 0.576. The van der Waals surface area contributed by atoms with E-state index in [-0.39, 0.29) is 0 Å². The number of nitrogens with zero attached hydrogens (tertiary/aromatic N) is 4. The summed E-state index contributed by atoms with van der Waals surface area (Å²) >= 11 is 0. The zero-order valence-corrected chi connectivity index (χ0v) is 18.1. The number of nitrogens with two attached hydrogens (primary N) is 1. The largest absolute Gasteiger partial charge is 0.325 e. The van der Waals surface area contributed by atoms with Crippen molar-refractivity contribution >= 4 is 11.9 Å². The lowest BCUT2D eigenvalue weighted by molar-refractivity contribution is 0.323. The summed E-state index contributed by atoms with van der Waals surface area (Å²) in [5.41, 5.74) is 12.4. The summed E-state index contributed by atoms with van der Waals surface area (Å²) in [6.07, 6.45) is 8.33. The molecule has 0 aromatic carbocycles. The molecule has 0 fully saturated rings. The number of hydrogen-bond acceptors (Lipinski definition) is 5. The third-order valence-electron chi connectivity index (χ3n) is 4.58. The van der Waals surface area contributed by atoms with Crippen LogP contribution < -0.4 is 5.73 Å². The number of pyridine rings is 1. The van der Waals surface area contributed by atoms with Crippen molar-refractivity contribution in [2.75, 3.05) is 19.6 Å². The van der Waals surface area contributed by atoms with Crippen molar-refractivity contribution in [1.82, 2.24) is 9.88 Å². The van der Waals surface area contributed by atoms with Crippen molar-refractivity contribution in [3.8, 4) is 0 Å². The molecule has 28 heavy (non-hydrogen) atoms. The predicted molar refractivity (Wildman–Crippen MR) is 122 cm³/mol. The van der Waals surface area contributed by atoms with E-state index in [0.29, 0.717) is 13.1 Å². The molecule has 152 valence electrons. The van der Waals surface area contributed by atoms with Gasteiger partial charge in [-0.15, -0.1) is 0 Å². The molecule has 2 N–H and O–H groups in total. The van der Waals surface area contributed by atoms with Crippen molar-refractivity contribution in [2.24, 2.45) is 15.7 Å². The Labute approximate surface area is 170 Å². The van der Waals surface area contributed by atoms with Gasteiger partial charge in [0.05, 0.1) is 17.1 Å². The highest BCUT2D eigenvalue weighted by molar-refractivity contribution is 6.01. The summed E-state index contributed by atoms with van der Waals surface area (Å²) in [6, 6.07) is 4.06. The minimum atomic E-state index is 0.431. The normalized spacial score (nSPS) is 14.0. The molecular weight excluding hydrogens is 346 g/mol. The first-order chi connectivity index (χ1) is 13.5. The van der Waals surface area contributed by atoms with Gasteiger partial charge in [-0.2, -0.15) is 0 Å². The van der Waals surface area contributed by atoms with Crippen LogP contribution in [0, 0.1) is 6.92 Å². The Kier molecular flexibility index (Phi) is 10.9. The number of aryl methyl sites for hydroxylation is 1. The van der Waals surface area contributed by atoms with Gasteiger partial charge >= 0.3 is 0 Å². The number of hydrogen-bond donors (Lipinski definition) is 1. The summed E-state index contributed by atoms with van der Waals surface area (Å²) in [7, 11) is 0. The molecule has 5 nitrogen and oxygen atoms in total. The van der Waals surface area contributed by atoms with Gasteiger partial charge in [-0.25, -0.2) is 0 Å². The van der Waals surface area contributed by atoms with Crippen molar-refractivity contribution in [2.45, 2.75) is 47.6 Å². The Bertz CT molecular complexity index is 756. The molecule has 1 aromatic rings. The summed E-state index contributed by atoms with van der Waals surface area (Å²) in [5, 5.41) is 0. The third kappa shape index (κ3) is 7.71. The maximum atomic E-state index is 5.94. The predicted octanol–water partition coefficient (Wildman–Crippen LogP) is 4.46. The van der Waals surface area contributed by atoms with Gasteiger partial charge in [0.2, 0.25) is 0 Å². The first-order valence-electron chi connectivity index (χ1n) is 9.81. The molecule has 1 aromatic heterocycles. The van der Waals surface area contributed by atoms with Crippen LogP contribution in [0.2, 0.25) is 0 Å². The number of rotatable bonds is 11. The van der Waals surface area contributed by atoms with E-state index in [0.717, 1.165) is 47.8 Å². The molecule has 5 heteroatoms. The second-order valence-corrected chi connectivity index (χ2v) is 6.79. The molecule has 1 heterocycles. The Morgan fingerprint density at radius 1 is 1.32 bits per heavy atom. The minimum Gasteiger partial charge on any atom is -0.325 e. The maximum absolute atomic E-state index is 5.94. The highest BCUT2D eigenvalue weighted by Gasteiger charge is 2.15. The van der Waals surface area contributed by atoms with E-state index in [1.807, 2.05) is 25.4 Å². The topological polar surface area (TPSA) is 66.9 Å². The molecule has 0 bridgehead atoms. The van der Waals surface area contributed by atoms with Gasteiger partial charge in [-0.05, 0) is 56.9 Å². The van der Waals surface area contributed by atoms with Crippen LogP contribution >= 0.6 is 0 Å². The smallest absolute Gasteiger partial charge is 0.0573 e. The Hall–Kier alpha value is -2.37.